The molecule has 2 heterocycles. The molecule has 43 heavy (non-hydrogen) atoms. The number of carbonyl (C=O) groups excluding carboxylic acids is 3. The molecule has 1 saturated carbocycles. The van der Waals surface area contributed by atoms with Gasteiger partial charge in [-0.15, -0.1) is 12.4 Å². The lowest BCUT2D eigenvalue weighted by Gasteiger charge is -2.35. The minimum Gasteiger partial charge on any atom is -0.444 e. The molecule has 0 spiro atoms. The van der Waals surface area contributed by atoms with Gasteiger partial charge in [-0.2, -0.15) is 11.8 Å². The summed E-state index contributed by atoms with van der Waals surface area (Å²) in [7, 11) is 0. The molecule has 0 unspecified atom stereocenters. The summed E-state index contributed by atoms with van der Waals surface area (Å²) < 4.78 is 5.57. The fraction of sp³-hybridized carbons (Fsp3) is 0.667. The zero-order valence-corrected chi connectivity index (χ0v) is 27.7. The average molecular weight is 635 g/mol. The first kappa shape index (κ1) is 35.3. The summed E-state index contributed by atoms with van der Waals surface area (Å²) in [6, 6.07) is 9.20. The van der Waals surface area contributed by atoms with E-state index in [-0.39, 0.29) is 30.3 Å². The largest absolute Gasteiger partial charge is 0.444 e. The molecule has 10 heteroatoms. The van der Waals surface area contributed by atoms with Crippen molar-refractivity contribution in [2.45, 2.75) is 102 Å². The summed E-state index contributed by atoms with van der Waals surface area (Å²) in [6.07, 6.45) is 11.8. The van der Waals surface area contributed by atoms with Gasteiger partial charge in [0.25, 0.3) is 0 Å². The van der Waals surface area contributed by atoms with Crippen LogP contribution in [0.4, 0.5) is 4.79 Å². The van der Waals surface area contributed by atoms with Gasteiger partial charge in [0.1, 0.15) is 17.7 Å². The Kier molecular flexibility index (Phi) is 14.2. The van der Waals surface area contributed by atoms with Crippen molar-refractivity contribution in [2.24, 2.45) is 5.92 Å². The lowest BCUT2D eigenvalue weighted by molar-refractivity contribution is -0.131. The number of likely N-dealkylation sites (tertiary alicyclic amines) is 1. The van der Waals surface area contributed by atoms with E-state index in [2.05, 4.69) is 39.8 Å². The van der Waals surface area contributed by atoms with Crippen molar-refractivity contribution < 1.29 is 19.1 Å². The van der Waals surface area contributed by atoms with Crippen LogP contribution < -0.4 is 10.6 Å². The standard InChI is InChI=1S/C33H50N4O4S.ClH/c1-33(2,3)41-32(40)37-19-11-10-16-29(37)31(39)35-28(24-42-23-26-14-8-5-9-15-26)30(38)34-27-17-20-36(21-18-27)22-25-12-6-4-7-13-25;/h4,6-7,10-13,26-29H,5,8-9,14-24H2,1-3H3,(H,34,38)(H,35,39);1H/t28-,29-;/m0./s1. The summed E-state index contributed by atoms with van der Waals surface area (Å²) in [6.45, 7) is 8.52. The first-order chi connectivity index (χ1) is 20.2. The van der Waals surface area contributed by atoms with Crippen molar-refractivity contribution in [1.29, 1.82) is 0 Å². The molecule has 1 saturated heterocycles. The highest BCUT2D eigenvalue weighted by Gasteiger charge is 2.35. The summed E-state index contributed by atoms with van der Waals surface area (Å²) in [5, 5.41) is 6.29. The maximum absolute atomic E-state index is 13.6. The first-order valence-corrected chi connectivity index (χ1v) is 16.9. The Bertz CT molecular complexity index is 1050. The third-order valence-electron chi connectivity index (χ3n) is 8.31. The van der Waals surface area contributed by atoms with Crippen LogP contribution in [0.3, 0.4) is 0 Å². The Hall–Kier alpha value is -2.23. The molecule has 1 aliphatic carbocycles. The lowest BCUT2D eigenvalue weighted by atomic mass is 9.91. The van der Waals surface area contributed by atoms with E-state index in [9.17, 15) is 14.4 Å². The number of ether oxygens (including phenoxy) is 1. The van der Waals surface area contributed by atoms with E-state index in [1.165, 1.54) is 42.6 Å². The number of halogens is 1. The van der Waals surface area contributed by atoms with E-state index in [0.29, 0.717) is 24.6 Å². The van der Waals surface area contributed by atoms with E-state index in [4.69, 9.17) is 4.74 Å². The van der Waals surface area contributed by atoms with Gasteiger partial charge in [-0.3, -0.25) is 19.4 Å². The monoisotopic (exact) mass is 634 g/mol. The van der Waals surface area contributed by atoms with E-state index >= 15 is 0 Å². The number of hydrogen-bond donors (Lipinski definition) is 2. The maximum atomic E-state index is 13.6. The van der Waals surface area contributed by atoms with Gasteiger partial charge < -0.3 is 15.4 Å². The topological polar surface area (TPSA) is 91.0 Å². The van der Waals surface area contributed by atoms with E-state index in [0.717, 1.165) is 38.2 Å². The second-order valence-corrected chi connectivity index (χ2v) is 14.1. The highest BCUT2D eigenvalue weighted by Crippen LogP contribution is 2.27. The zero-order valence-electron chi connectivity index (χ0n) is 26.1. The molecule has 4 rings (SSSR count). The normalized spacial score (nSPS) is 21.0. The Morgan fingerprint density at radius 3 is 2.37 bits per heavy atom. The predicted molar refractivity (Wildman–Crippen MR) is 176 cm³/mol. The smallest absolute Gasteiger partial charge is 0.411 e. The van der Waals surface area contributed by atoms with Gasteiger partial charge in [0, 0.05) is 38.0 Å². The molecule has 3 aliphatic rings. The zero-order chi connectivity index (χ0) is 30.0. The third-order valence-corrected chi connectivity index (χ3v) is 9.59. The van der Waals surface area contributed by atoms with Gasteiger partial charge >= 0.3 is 6.09 Å². The molecule has 1 aromatic carbocycles. The molecule has 0 radical (unpaired) electrons. The van der Waals surface area contributed by atoms with Crippen LogP contribution in [-0.4, -0.2) is 82.6 Å². The van der Waals surface area contributed by atoms with Crippen LogP contribution in [0.15, 0.2) is 42.5 Å². The fourth-order valence-corrected chi connectivity index (χ4v) is 7.25. The Morgan fingerprint density at radius 1 is 1.00 bits per heavy atom. The molecule has 1 aromatic rings. The molecule has 2 fully saturated rings. The number of piperidine rings is 1. The first-order valence-electron chi connectivity index (χ1n) is 15.8. The third kappa shape index (κ3) is 11.7. The molecular formula is C33H51ClN4O4S. The molecule has 2 atom stereocenters. The average Bonchev–Trinajstić information content (AvgIpc) is 2.98. The second-order valence-electron chi connectivity index (χ2n) is 13.0. The van der Waals surface area contributed by atoms with Crippen LogP contribution in [0.5, 0.6) is 0 Å². The number of hydrogen-bond acceptors (Lipinski definition) is 6. The van der Waals surface area contributed by atoms with Crippen molar-refractivity contribution in [2.75, 3.05) is 31.1 Å². The SMILES string of the molecule is CC(C)(C)OC(=O)N1CC=CC[C@H]1C(=O)N[C@@H](CSCC1CCCCC1)C(=O)NC1CCN(Cc2ccccc2)CC1.Cl. The molecule has 2 N–H and O–H groups in total. The van der Waals surface area contributed by atoms with Crippen LogP contribution in [0.25, 0.3) is 0 Å². The number of benzene rings is 1. The van der Waals surface area contributed by atoms with Gasteiger partial charge in [0.15, 0.2) is 0 Å². The molecule has 2 aliphatic heterocycles. The summed E-state index contributed by atoms with van der Waals surface area (Å²) in [4.78, 5) is 44.0. The van der Waals surface area contributed by atoms with Crippen molar-refractivity contribution in [3.63, 3.8) is 0 Å². The van der Waals surface area contributed by atoms with E-state index in [1.54, 1.807) is 11.8 Å². The Morgan fingerprint density at radius 2 is 1.70 bits per heavy atom. The van der Waals surface area contributed by atoms with E-state index < -0.39 is 23.8 Å². The highest BCUT2D eigenvalue weighted by atomic mass is 35.5. The Balaban J connectivity index is 0.00000506. The van der Waals surface area contributed by atoms with Crippen molar-refractivity contribution in [1.82, 2.24) is 20.4 Å². The van der Waals surface area contributed by atoms with Crippen molar-refractivity contribution in [3.8, 4) is 0 Å². The van der Waals surface area contributed by atoms with Gasteiger partial charge in [0.05, 0.1) is 0 Å². The van der Waals surface area contributed by atoms with Crippen LogP contribution >= 0.6 is 24.2 Å². The summed E-state index contributed by atoms with van der Waals surface area (Å²) in [5.74, 6) is 1.78. The molecule has 0 bridgehead atoms. The minimum absolute atomic E-state index is 0. The van der Waals surface area contributed by atoms with Crippen LogP contribution in [0.2, 0.25) is 0 Å². The number of nitrogens with one attached hydrogen (secondary N) is 2. The van der Waals surface area contributed by atoms with Crippen LogP contribution in [0, 0.1) is 5.92 Å². The summed E-state index contributed by atoms with van der Waals surface area (Å²) in [5.41, 5.74) is 0.643. The number of rotatable bonds is 10. The van der Waals surface area contributed by atoms with Crippen LogP contribution in [-0.2, 0) is 20.9 Å². The lowest BCUT2D eigenvalue weighted by Crippen LogP contribution is -2.58. The predicted octanol–water partition coefficient (Wildman–Crippen LogP) is 5.55. The van der Waals surface area contributed by atoms with Gasteiger partial charge in [-0.25, -0.2) is 4.79 Å². The van der Waals surface area contributed by atoms with Gasteiger partial charge in [0.2, 0.25) is 11.8 Å². The van der Waals surface area contributed by atoms with Crippen LogP contribution in [0.1, 0.15) is 77.7 Å². The van der Waals surface area contributed by atoms with Gasteiger partial charge in [-0.05, 0) is 70.1 Å². The summed E-state index contributed by atoms with van der Waals surface area (Å²) >= 11 is 1.76. The molecular weight excluding hydrogens is 584 g/mol. The number of thioether (sulfide) groups is 1. The maximum Gasteiger partial charge on any atom is 0.411 e. The number of nitrogens with zero attached hydrogens (tertiary/aromatic N) is 2. The Labute approximate surface area is 268 Å². The molecule has 0 aromatic heterocycles. The van der Waals surface area contributed by atoms with Crippen molar-refractivity contribution >= 4 is 42.1 Å². The number of carbonyl (C=O) groups is 3. The van der Waals surface area contributed by atoms with E-state index in [1.807, 2.05) is 39.0 Å². The molecule has 3 amide bonds. The number of amides is 3. The van der Waals surface area contributed by atoms with Crippen molar-refractivity contribution in [3.05, 3.63) is 48.0 Å². The highest BCUT2D eigenvalue weighted by molar-refractivity contribution is 7.99. The second kappa shape index (κ2) is 17.3. The molecule has 8 nitrogen and oxygen atoms in total. The quantitative estimate of drug-likeness (QED) is 0.328. The molecule has 240 valence electrons. The van der Waals surface area contributed by atoms with Gasteiger partial charge in [-0.1, -0.05) is 61.7 Å². The minimum atomic E-state index is -0.704. The fourth-order valence-electron chi connectivity index (χ4n) is 5.97.